The minimum absolute atomic E-state index is 0. The minimum Gasteiger partial charge on any atom is -0.545 e. The van der Waals surface area contributed by atoms with E-state index in [1.54, 1.807) is 6.07 Å². The van der Waals surface area contributed by atoms with Crippen LogP contribution in [-0.2, 0) is 12.8 Å². The van der Waals surface area contributed by atoms with Gasteiger partial charge in [0.15, 0.2) is 0 Å². The van der Waals surface area contributed by atoms with Crippen molar-refractivity contribution in [3.63, 3.8) is 0 Å². The SMILES string of the molecule is CCCCCc1cc(OC)c(CC=C(C)C)c(O)c1C(=O)[O-].[K+]. The molecule has 0 fully saturated rings. The second-order valence-corrected chi connectivity index (χ2v) is 5.67. The Morgan fingerprint density at radius 1 is 1.35 bits per heavy atom. The molecule has 0 atom stereocenters. The Labute approximate surface area is 181 Å². The van der Waals surface area contributed by atoms with E-state index in [2.05, 4.69) is 6.92 Å². The van der Waals surface area contributed by atoms with Crippen LogP contribution < -0.4 is 61.2 Å². The number of aromatic hydroxyl groups is 1. The van der Waals surface area contributed by atoms with Crippen LogP contribution >= 0.6 is 0 Å². The predicted octanol–water partition coefficient (Wildman–Crippen LogP) is 0.00970. The van der Waals surface area contributed by atoms with Crippen molar-refractivity contribution in [2.45, 2.75) is 52.9 Å². The van der Waals surface area contributed by atoms with Gasteiger partial charge in [0.05, 0.1) is 13.1 Å². The number of allylic oxidation sites excluding steroid dienone is 2. The van der Waals surface area contributed by atoms with Crippen molar-refractivity contribution in [3.8, 4) is 11.5 Å². The monoisotopic (exact) mass is 344 g/mol. The molecule has 1 aromatic rings. The van der Waals surface area contributed by atoms with Gasteiger partial charge in [-0.05, 0) is 44.7 Å². The van der Waals surface area contributed by atoms with E-state index in [-0.39, 0.29) is 62.7 Å². The van der Waals surface area contributed by atoms with Crippen molar-refractivity contribution in [1.82, 2.24) is 0 Å². The molecule has 0 saturated carbocycles. The summed E-state index contributed by atoms with van der Waals surface area (Å²) in [6.07, 6.45) is 5.86. The first-order valence-electron chi connectivity index (χ1n) is 7.68. The fraction of sp³-hybridized carbons (Fsp3) is 0.500. The van der Waals surface area contributed by atoms with Crippen molar-refractivity contribution >= 4 is 5.97 Å². The molecule has 0 saturated heterocycles. The molecule has 23 heavy (non-hydrogen) atoms. The van der Waals surface area contributed by atoms with Crippen molar-refractivity contribution in [2.24, 2.45) is 0 Å². The maximum absolute atomic E-state index is 11.4. The van der Waals surface area contributed by atoms with Gasteiger partial charge in [-0.25, -0.2) is 0 Å². The topological polar surface area (TPSA) is 69.6 Å². The van der Waals surface area contributed by atoms with Crippen molar-refractivity contribution in [3.05, 3.63) is 34.4 Å². The summed E-state index contributed by atoms with van der Waals surface area (Å²) in [5.41, 5.74) is 2.04. The summed E-state index contributed by atoms with van der Waals surface area (Å²) in [4.78, 5) is 11.4. The van der Waals surface area contributed by atoms with Gasteiger partial charge >= 0.3 is 51.4 Å². The van der Waals surface area contributed by atoms with Gasteiger partial charge in [-0.15, -0.1) is 0 Å². The number of carboxylic acids is 1. The largest absolute Gasteiger partial charge is 1.00 e. The third kappa shape index (κ3) is 6.59. The quantitative estimate of drug-likeness (QED) is 0.410. The van der Waals surface area contributed by atoms with Crippen LogP contribution in [0.1, 0.15) is 61.5 Å². The second-order valence-electron chi connectivity index (χ2n) is 5.67. The van der Waals surface area contributed by atoms with E-state index < -0.39 is 5.97 Å². The first-order chi connectivity index (χ1) is 10.4. The van der Waals surface area contributed by atoms with E-state index in [4.69, 9.17) is 4.74 Å². The summed E-state index contributed by atoms with van der Waals surface area (Å²) in [6.45, 7) is 5.98. The van der Waals surface area contributed by atoms with E-state index >= 15 is 0 Å². The Kier molecular flexibility index (Phi) is 11.1. The summed E-state index contributed by atoms with van der Waals surface area (Å²) in [6, 6.07) is 1.72. The predicted molar refractivity (Wildman–Crippen MR) is 85.4 cm³/mol. The molecule has 0 bridgehead atoms. The van der Waals surface area contributed by atoms with E-state index in [0.29, 0.717) is 29.7 Å². The molecule has 1 N–H and O–H groups in total. The number of carboxylic acid groups (broad SMARTS) is 1. The molecule has 0 aliphatic heterocycles. The Morgan fingerprint density at radius 2 is 2.00 bits per heavy atom. The first kappa shape index (κ1) is 22.7. The molecule has 0 spiro atoms. The molecule has 0 aliphatic carbocycles. The van der Waals surface area contributed by atoms with Gasteiger partial charge in [0.1, 0.15) is 11.5 Å². The molecule has 0 aromatic heterocycles. The van der Waals surface area contributed by atoms with Gasteiger partial charge in [-0.1, -0.05) is 31.4 Å². The fourth-order valence-electron chi connectivity index (χ4n) is 2.41. The van der Waals surface area contributed by atoms with Crippen LogP contribution in [0.5, 0.6) is 11.5 Å². The van der Waals surface area contributed by atoms with Crippen LogP contribution in [0.4, 0.5) is 0 Å². The Balaban J connectivity index is 0.00000484. The van der Waals surface area contributed by atoms with Gasteiger partial charge in [0, 0.05) is 11.1 Å². The van der Waals surface area contributed by atoms with E-state index in [1.807, 2.05) is 19.9 Å². The summed E-state index contributed by atoms with van der Waals surface area (Å²) >= 11 is 0. The number of benzene rings is 1. The van der Waals surface area contributed by atoms with E-state index in [1.165, 1.54) is 7.11 Å². The molecule has 4 nitrogen and oxygen atoms in total. The minimum atomic E-state index is -1.34. The maximum atomic E-state index is 11.4. The standard InChI is InChI=1S/C18H26O4.K/c1-5-6-7-8-13-11-15(22-4)14(10-9-12(2)3)17(19)16(13)18(20)21;/h9,11,19H,5-8,10H2,1-4H3,(H,20,21);/q;+1/p-1. The van der Waals surface area contributed by atoms with Gasteiger partial charge < -0.3 is 19.7 Å². The van der Waals surface area contributed by atoms with Crippen LogP contribution in [0.3, 0.4) is 0 Å². The third-order valence-electron chi connectivity index (χ3n) is 3.63. The smallest absolute Gasteiger partial charge is 0.545 e. The average molecular weight is 344 g/mol. The molecule has 0 radical (unpaired) electrons. The number of phenols is 1. The van der Waals surface area contributed by atoms with Crippen molar-refractivity contribution in [2.75, 3.05) is 7.11 Å². The summed E-state index contributed by atoms with van der Waals surface area (Å²) < 4.78 is 5.34. The summed E-state index contributed by atoms with van der Waals surface area (Å²) in [7, 11) is 1.52. The number of unbranched alkanes of at least 4 members (excludes halogenated alkanes) is 2. The molecule has 1 aromatic carbocycles. The number of aryl methyl sites for hydroxylation is 1. The van der Waals surface area contributed by atoms with Crippen molar-refractivity contribution < 1.29 is 71.1 Å². The number of hydrogen-bond acceptors (Lipinski definition) is 4. The molecule has 122 valence electrons. The summed E-state index contributed by atoms with van der Waals surface area (Å²) in [5.74, 6) is -1.06. The Bertz CT molecular complexity index is 561. The van der Waals surface area contributed by atoms with E-state index in [9.17, 15) is 15.0 Å². The van der Waals surface area contributed by atoms with Crippen LogP contribution in [0, 0.1) is 0 Å². The maximum Gasteiger partial charge on any atom is 1.00 e. The molecule has 1 rings (SSSR count). The fourth-order valence-corrected chi connectivity index (χ4v) is 2.41. The molecule has 5 heteroatoms. The molecule has 0 amide bonds. The van der Waals surface area contributed by atoms with Crippen LogP contribution in [0.2, 0.25) is 0 Å². The number of carbonyl (C=O) groups is 1. The van der Waals surface area contributed by atoms with Gasteiger partial charge in [-0.2, -0.15) is 0 Å². The number of rotatable bonds is 8. The normalized spacial score (nSPS) is 9.91. The van der Waals surface area contributed by atoms with E-state index in [0.717, 1.165) is 24.8 Å². The zero-order valence-corrected chi connectivity index (χ0v) is 18.0. The molecule has 0 aliphatic rings. The molecule has 0 unspecified atom stereocenters. The molecular formula is C18H25KO4. The van der Waals surface area contributed by atoms with Crippen LogP contribution in [-0.4, -0.2) is 18.2 Å². The zero-order chi connectivity index (χ0) is 16.7. The van der Waals surface area contributed by atoms with Crippen molar-refractivity contribution in [1.29, 1.82) is 0 Å². The third-order valence-corrected chi connectivity index (χ3v) is 3.63. The van der Waals surface area contributed by atoms with Crippen LogP contribution in [0.15, 0.2) is 17.7 Å². The number of methoxy groups -OCH3 is 1. The first-order valence-corrected chi connectivity index (χ1v) is 7.68. The van der Waals surface area contributed by atoms with Gasteiger partial charge in [0.2, 0.25) is 0 Å². The number of hydrogen-bond donors (Lipinski definition) is 1. The van der Waals surface area contributed by atoms with Gasteiger partial charge in [-0.3, -0.25) is 0 Å². The Hall–Kier alpha value is -0.334. The van der Waals surface area contributed by atoms with Gasteiger partial charge in [0.25, 0.3) is 0 Å². The average Bonchev–Trinajstić information content (AvgIpc) is 2.45. The zero-order valence-electron chi connectivity index (χ0n) is 14.9. The number of ether oxygens (including phenoxy) is 1. The molecular weight excluding hydrogens is 319 g/mol. The van der Waals surface area contributed by atoms with Crippen LogP contribution in [0.25, 0.3) is 0 Å². The summed E-state index contributed by atoms with van der Waals surface area (Å²) in [5, 5.41) is 21.8. The molecule has 0 heterocycles. The number of carbonyl (C=O) groups excluding carboxylic acids is 1. The second kappa shape index (κ2) is 11.3. The number of aromatic carboxylic acids is 1. The Morgan fingerprint density at radius 3 is 2.48 bits per heavy atom.